The molecule has 0 aromatic heterocycles. The third-order valence-corrected chi connectivity index (χ3v) is 3.65. The van der Waals surface area contributed by atoms with Crippen molar-refractivity contribution >= 4 is 12.0 Å². The Kier molecular flexibility index (Phi) is 5.95. The average Bonchev–Trinajstić information content (AvgIpc) is 2.86. The summed E-state index contributed by atoms with van der Waals surface area (Å²) < 4.78 is 4.72. The van der Waals surface area contributed by atoms with E-state index >= 15 is 0 Å². The molecule has 2 atom stereocenters. The lowest BCUT2D eigenvalue weighted by Gasteiger charge is -2.23. The highest BCUT2D eigenvalue weighted by atomic mass is 16.5. The maximum atomic E-state index is 11.8. The predicted octanol–water partition coefficient (Wildman–Crippen LogP) is 1.82. The van der Waals surface area contributed by atoms with E-state index < -0.39 is 6.04 Å². The Morgan fingerprint density at radius 2 is 1.94 bits per heavy atom. The SMILES string of the molecule is CC[C@H](C)[C@H](NC(=O)NC1CCCC1)C(=O)OC. The van der Waals surface area contributed by atoms with E-state index in [0.29, 0.717) is 0 Å². The maximum Gasteiger partial charge on any atom is 0.328 e. The summed E-state index contributed by atoms with van der Waals surface area (Å²) in [4.78, 5) is 23.4. The summed E-state index contributed by atoms with van der Waals surface area (Å²) in [6.07, 6.45) is 5.19. The molecule has 1 saturated carbocycles. The fourth-order valence-electron chi connectivity index (χ4n) is 2.23. The topological polar surface area (TPSA) is 67.4 Å². The van der Waals surface area contributed by atoms with Crippen molar-refractivity contribution in [3.8, 4) is 0 Å². The normalized spacial score (nSPS) is 19.1. The van der Waals surface area contributed by atoms with Gasteiger partial charge < -0.3 is 15.4 Å². The van der Waals surface area contributed by atoms with Crippen LogP contribution >= 0.6 is 0 Å². The summed E-state index contributed by atoms with van der Waals surface area (Å²) in [5, 5.41) is 5.63. The van der Waals surface area contributed by atoms with Gasteiger partial charge in [0.25, 0.3) is 0 Å². The van der Waals surface area contributed by atoms with Crippen molar-refractivity contribution in [3.05, 3.63) is 0 Å². The molecule has 2 N–H and O–H groups in total. The van der Waals surface area contributed by atoms with Crippen LogP contribution in [-0.2, 0) is 9.53 Å². The molecule has 0 unspecified atom stereocenters. The zero-order valence-corrected chi connectivity index (χ0v) is 11.5. The number of carbonyl (C=O) groups excluding carboxylic acids is 2. The molecule has 0 spiro atoms. The molecule has 5 nitrogen and oxygen atoms in total. The van der Waals surface area contributed by atoms with Gasteiger partial charge in [0.15, 0.2) is 0 Å². The predicted molar refractivity (Wildman–Crippen MR) is 69.2 cm³/mol. The Balaban J connectivity index is 2.48. The van der Waals surface area contributed by atoms with E-state index in [1.165, 1.54) is 7.11 Å². The summed E-state index contributed by atoms with van der Waals surface area (Å²) in [5.74, 6) is -0.322. The molecule has 0 aliphatic heterocycles. The molecule has 2 amide bonds. The minimum absolute atomic E-state index is 0.0618. The van der Waals surface area contributed by atoms with Crippen LogP contribution in [0.5, 0.6) is 0 Å². The van der Waals surface area contributed by atoms with Gasteiger partial charge in [0.05, 0.1) is 7.11 Å². The lowest BCUT2D eigenvalue weighted by Crippen LogP contribution is -2.51. The first kappa shape index (κ1) is 14.8. The first-order valence-corrected chi connectivity index (χ1v) is 6.73. The smallest absolute Gasteiger partial charge is 0.328 e. The van der Waals surface area contributed by atoms with Gasteiger partial charge in [-0.2, -0.15) is 0 Å². The van der Waals surface area contributed by atoms with Crippen LogP contribution in [0.4, 0.5) is 4.79 Å². The van der Waals surface area contributed by atoms with Crippen LogP contribution < -0.4 is 10.6 Å². The minimum Gasteiger partial charge on any atom is -0.467 e. The van der Waals surface area contributed by atoms with Crippen molar-refractivity contribution in [2.75, 3.05) is 7.11 Å². The number of hydrogen-bond acceptors (Lipinski definition) is 3. The van der Waals surface area contributed by atoms with Gasteiger partial charge in [-0.15, -0.1) is 0 Å². The van der Waals surface area contributed by atoms with E-state index in [4.69, 9.17) is 4.74 Å². The van der Waals surface area contributed by atoms with Gasteiger partial charge in [-0.05, 0) is 18.8 Å². The number of carbonyl (C=O) groups is 2. The lowest BCUT2D eigenvalue weighted by molar-refractivity contribution is -0.144. The number of esters is 1. The molecule has 0 aromatic carbocycles. The summed E-state index contributed by atoms with van der Waals surface area (Å²) in [7, 11) is 1.34. The average molecular weight is 256 g/mol. The van der Waals surface area contributed by atoms with Crippen LogP contribution in [-0.4, -0.2) is 31.2 Å². The van der Waals surface area contributed by atoms with Crippen LogP contribution in [0.25, 0.3) is 0 Å². The standard InChI is InChI=1S/C13H24N2O3/c1-4-9(2)11(12(16)18-3)15-13(17)14-10-7-5-6-8-10/h9-11H,4-8H2,1-3H3,(H2,14,15,17)/t9-,11-/m0/s1. The Morgan fingerprint density at radius 1 is 1.33 bits per heavy atom. The van der Waals surface area contributed by atoms with Gasteiger partial charge in [-0.25, -0.2) is 9.59 Å². The molecular formula is C13H24N2O3. The Morgan fingerprint density at radius 3 is 2.44 bits per heavy atom. The Labute approximate surface area is 109 Å². The molecule has 1 fully saturated rings. The van der Waals surface area contributed by atoms with Gasteiger partial charge in [-0.3, -0.25) is 0 Å². The minimum atomic E-state index is -0.568. The van der Waals surface area contributed by atoms with Crippen LogP contribution in [0.3, 0.4) is 0 Å². The second-order valence-corrected chi connectivity index (χ2v) is 4.99. The number of methoxy groups -OCH3 is 1. The van der Waals surface area contributed by atoms with Crippen molar-refractivity contribution in [1.29, 1.82) is 0 Å². The Bertz CT molecular complexity index is 288. The number of amides is 2. The molecule has 0 saturated heterocycles. The number of urea groups is 1. The molecule has 5 heteroatoms. The van der Waals surface area contributed by atoms with Gasteiger partial charge in [0.2, 0.25) is 0 Å². The number of hydrogen-bond donors (Lipinski definition) is 2. The van der Waals surface area contributed by atoms with E-state index in [2.05, 4.69) is 10.6 Å². The zero-order valence-electron chi connectivity index (χ0n) is 11.5. The van der Waals surface area contributed by atoms with E-state index in [-0.39, 0.29) is 24.0 Å². The second kappa shape index (κ2) is 7.24. The highest BCUT2D eigenvalue weighted by Gasteiger charge is 2.27. The van der Waals surface area contributed by atoms with Gasteiger partial charge in [-0.1, -0.05) is 33.1 Å². The van der Waals surface area contributed by atoms with Gasteiger partial charge in [0, 0.05) is 6.04 Å². The first-order chi connectivity index (χ1) is 8.58. The second-order valence-electron chi connectivity index (χ2n) is 4.99. The zero-order chi connectivity index (χ0) is 13.5. The monoisotopic (exact) mass is 256 g/mol. The summed E-state index contributed by atoms with van der Waals surface area (Å²) >= 11 is 0. The lowest BCUT2D eigenvalue weighted by atomic mass is 9.99. The molecule has 0 radical (unpaired) electrons. The molecule has 104 valence electrons. The fourth-order valence-corrected chi connectivity index (χ4v) is 2.23. The summed E-state index contributed by atoms with van der Waals surface area (Å²) in [6.45, 7) is 3.91. The van der Waals surface area contributed by atoms with Crippen molar-refractivity contribution in [3.63, 3.8) is 0 Å². The van der Waals surface area contributed by atoms with Crippen LogP contribution in [0.15, 0.2) is 0 Å². The number of nitrogens with one attached hydrogen (secondary N) is 2. The summed E-state index contributed by atoms with van der Waals surface area (Å²) in [5.41, 5.74) is 0. The summed E-state index contributed by atoms with van der Waals surface area (Å²) in [6, 6.07) is -0.584. The quantitative estimate of drug-likeness (QED) is 0.737. The molecule has 0 bridgehead atoms. The number of ether oxygens (including phenoxy) is 1. The van der Waals surface area contributed by atoms with Gasteiger partial charge >= 0.3 is 12.0 Å². The van der Waals surface area contributed by atoms with E-state index in [9.17, 15) is 9.59 Å². The first-order valence-electron chi connectivity index (χ1n) is 6.73. The Hall–Kier alpha value is -1.26. The third kappa shape index (κ3) is 4.20. The molecular weight excluding hydrogens is 232 g/mol. The molecule has 18 heavy (non-hydrogen) atoms. The molecule has 1 rings (SSSR count). The molecule has 0 aromatic rings. The van der Waals surface area contributed by atoms with E-state index in [1.807, 2.05) is 13.8 Å². The molecule has 1 aliphatic rings. The maximum absolute atomic E-state index is 11.8. The van der Waals surface area contributed by atoms with E-state index in [0.717, 1.165) is 32.1 Å². The van der Waals surface area contributed by atoms with Gasteiger partial charge in [0.1, 0.15) is 6.04 Å². The van der Waals surface area contributed by atoms with Crippen LogP contribution in [0, 0.1) is 5.92 Å². The molecule has 0 heterocycles. The highest BCUT2D eigenvalue weighted by Crippen LogP contribution is 2.17. The van der Waals surface area contributed by atoms with Crippen molar-refractivity contribution in [2.24, 2.45) is 5.92 Å². The van der Waals surface area contributed by atoms with E-state index in [1.54, 1.807) is 0 Å². The van der Waals surface area contributed by atoms with Crippen LogP contribution in [0.1, 0.15) is 46.0 Å². The molecule has 1 aliphatic carbocycles. The number of rotatable bonds is 5. The van der Waals surface area contributed by atoms with Crippen LogP contribution in [0.2, 0.25) is 0 Å². The largest absolute Gasteiger partial charge is 0.467 e. The van der Waals surface area contributed by atoms with Crippen molar-refractivity contribution in [2.45, 2.75) is 58.0 Å². The fraction of sp³-hybridized carbons (Fsp3) is 0.846. The highest BCUT2D eigenvalue weighted by molar-refractivity contribution is 5.83. The third-order valence-electron chi connectivity index (χ3n) is 3.65. The van der Waals surface area contributed by atoms with Crippen molar-refractivity contribution < 1.29 is 14.3 Å². The van der Waals surface area contributed by atoms with Crippen molar-refractivity contribution in [1.82, 2.24) is 10.6 Å².